The van der Waals surface area contributed by atoms with Crippen molar-refractivity contribution in [2.75, 3.05) is 36.5 Å². The van der Waals surface area contributed by atoms with Crippen LogP contribution in [-0.2, 0) is 15.7 Å². The first-order valence-corrected chi connectivity index (χ1v) is 11.0. The average molecular weight is 486 g/mol. The highest BCUT2D eigenvalue weighted by Crippen LogP contribution is 2.34. The number of halogens is 4. The number of morpholine rings is 1. The molecule has 1 N–H and O–H groups in total. The van der Waals surface area contributed by atoms with Gasteiger partial charge in [0.05, 0.1) is 29.0 Å². The Morgan fingerprint density at radius 3 is 2.56 bits per heavy atom. The largest absolute Gasteiger partial charge is 0.417 e. The fourth-order valence-corrected chi connectivity index (χ4v) is 4.27. The van der Waals surface area contributed by atoms with E-state index in [1.165, 1.54) is 0 Å². The number of amides is 1. The van der Waals surface area contributed by atoms with Crippen molar-refractivity contribution in [1.82, 2.24) is 14.6 Å². The number of nitrogens with one attached hydrogen (secondary N) is 1. The number of ether oxygens (including phenoxy) is 1. The van der Waals surface area contributed by atoms with E-state index in [-0.39, 0.29) is 21.7 Å². The number of fused-ring (bicyclic) bond motifs is 1. The molecule has 3 aromatic rings. The number of benzene rings is 1. The quantitative estimate of drug-likeness (QED) is 0.541. The van der Waals surface area contributed by atoms with Crippen LogP contribution in [0.5, 0.6) is 0 Å². The molecule has 1 atom stereocenters. The van der Waals surface area contributed by atoms with Crippen molar-refractivity contribution in [2.24, 2.45) is 0 Å². The molecule has 1 unspecified atom stereocenters. The zero-order chi connectivity index (χ0) is 22.9. The molecule has 0 saturated carbocycles. The third kappa shape index (κ3) is 4.94. The van der Waals surface area contributed by atoms with E-state index in [4.69, 9.17) is 16.3 Å². The van der Waals surface area contributed by atoms with E-state index in [2.05, 4.69) is 20.4 Å². The molecule has 2 aromatic heterocycles. The SMILES string of the molecule is CC(Sc1nnc2c(Cl)cc(C(F)(F)F)cn12)C(=O)Nc1ccc(N2CCOCC2)cc1. The number of hydrogen-bond donors (Lipinski definition) is 1. The number of rotatable bonds is 5. The lowest BCUT2D eigenvalue weighted by molar-refractivity contribution is -0.137. The van der Waals surface area contributed by atoms with Gasteiger partial charge >= 0.3 is 6.18 Å². The Hall–Kier alpha value is -2.50. The van der Waals surface area contributed by atoms with Gasteiger partial charge in [-0.25, -0.2) is 0 Å². The predicted octanol–water partition coefficient (Wildman–Crippen LogP) is 4.36. The van der Waals surface area contributed by atoms with Gasteiger partial charge in [-0.3, -0.25) is 9.20 Å². The van der Waals surface area contributed by atoms with Gasteiger partial charge in [-0.15, -0.1) is 10.2 Å². The zero-order valence-corrected chi connectivity index (χ0v) is 18.5. The third-order valence-corrected chi connectivity index (χ3v) is 6.25. The molecule has 1 amide bonds. The Morgan fingerprint density at radius 2 is 1.91 bits per heavy atom. The van der Waals surface area contributed by atoms with Crippen molar-refractivity contribution < 1.29 is 22.7 Å². The second-order valence-electron chi connectivity index (χ2n) is 7.15. The van der Waals surface area contributed by atoms with E-state index in [9.17, 15) is 18.0 Å². The van der Waals surface area contributed by atoms with Gasteiger partial charge in [0.25, 0.3) is 0 Å². The van der Waals surface area contributed by atoms with E-state index in [0.29, 0.717) is 18.9 Å². The van der Waals surface area contributed by atoms with Crippen LogP contribution >= 0.6 is 23.4 Å². The molecule has 0 radical (unpaired) electrons. The summed E-state index contributed by atoms with van der Waals surface area (Å²) in [4.78, 5) is 14.8. The highest BCUT2D eigenvalue weighted by Gasteiger charge is 2.32. The number of hydrogen-bond acceptors (Lipinski definition) is 6. The molecule has 1 aliphatic heterocycles. The second-order valence-corrected chi connectivity index (χ2v) is 8.86. The summed E-state index contributed by atoms with van der Waals surface area (Å²) in [5.41, 5.74) is 0.830. The molecule has 1 saturated heterocycles. The van der Waals surface area contributed by atoms with Crippen LogP contribution in [0.2, 0.25) is 5.02 Å². The van der Waals surface area contributed by atoms with Gasteiger partial charge < -0.3 is 15.0 Å². The topological polar surface area (TPSA) is 71.8 Å². The number of thioether (sulfide) groups is 1. The molecule has 170 valence electrons. The third-order valence-electron chi connectivity index (χ3n) is 4.92. The van der Waals surface area contributed by atoms with Gasteiger partial charge in [0.1, 0.15) is 0 Å². The van der Waals surface area contributed by atoms with Crippen molar-refractivity contribution in [3.8, 4) is 0 Å². The van der Waals surface area contributed by atoms with Crippen LogP contribution in [0, 0.1) is 0 Å². The van der Waals surface area contributed by atoms with Crippen molar-refractivity contribution in [1.29, 1.82) is 0 Å². The zero-order valence-electron chi connectivity index (χ0n) is 16.9. The predicted molar refractivity (Wildman–Crippen MR) is 116 cm³/mol. The molecule has 7 nitrogen and oxygen atoms in total. The highest BCUT2D eigenvalue weighted by atomic mass is 35.5. The second kappa shape index (κ2) is 9.16. The first-order valence-electron chi connectivity index (χ1n) is 9.74. The summed E-state index contributed by atoms with van der Waals surface area (Å²) in [6, 6.07) is 8.26. The van der Waals surface area contributed by atoms with Crippen molar-refractivity contribution >= 4 is 46.3 Å². The summed E-state index contributed by atoms with van der Waals surface area (Å²) in [6.45, 7) is 4.62. The maximum atomic E-state index is 13.1. The number of pyridine rings is 1. The monoisotopic (exact) mass is 485 g/mol. The van der Waals surface area contributed by atoms with Gasteiger partial charge in [-0.1, -0.05) is 23.4 Å². The summed E-state index contributed by atoms with van der Waals surface area (Å²) in [5.74, 6) is -0.316. The molecule has 4 rings (SSSR count). The molecule has 1 fully saturated rings. The maximum absolute atomic E-state index is 13.1. The Kier molecular flexibility index (Phi) is 6.50. The van der Waals surface area contributed by atoms with Gasteiger partial charge in [0.15, 0.2) is 10.8 Å². The van der Waals surface area contributed by atoms with E-state index in [1.807, 2.05) is 24.3 Å². The smallest absolute Gasteiger partial charge is 0.378 e. The number of nitrogens with zero attached hydrogens (tertiary/aromatic N) is 4. The number of carbonyl (C=O) groups excluding carboxylic acids is 1. The van der Waals surface area contributed by atoms with Gasteiger partial charge in [0.2, 0.25) is 5.91 Å². The standard InChI is InChI=1S/C20H19ClF3N5O2S/c1-12(18(30)25-14-2-4-15(5-3-14)28-6-8-31-9-7-28)32-19-27-26-17-16(21)10-13(11-29(17)19)20(22,23)24/h2-5,10-12H,6-9H2,1H3,(H,25,30). The van der Waals surface area contributed by atoms with E-state index >= 15 is 0 Å². The summed E-state index contributed by atoms with van der Waals surface area (Å²) in [6.07, 6.45) is -3.70. The molecule has 3 heterocycles. The fourth-order valence-electron chi connectivity index (χ4n) is 3.20. The molecule has 32 heavy (non-hydrogen) atoms. The summed E-state index contributed by atoms with van der Waals surface area (Å²) < 4.78 is 45.9. The van der Waals surface area contributed by atoms with Gasteiger partial charge in [-0.2, -0.15) is 13.2 Å². The summed E-state index contributed by atoms with van der Waals surface area (Å²) >= 11 is 6.92. The minimum absolute atomic E-state index is 0.0912. The Bertz CT molecular complexity index is 1120. The first-order chi connectivity index (χ1) is 15.2. The summed E-state index contributed by atoms with van der Waals surface area (Å²) in [5, 5.41) is 9.88. The van der Waals surface area contributed by atoms with Crippen LogP contribution in [-0.4, -0.2) is 52.1 Å². The average Bonchev–Trinajstić information content (AvgIpc) is 3.17. The van der Waals surface area contributed by atoms with Crippen LogP contribution in [0.3, 0.4) is 0 Å². The van der Waals surface area contributed by atoms with Crippen molar-refractivity contribution in [2.45, 2.75) is 23.5 Å². The molecule has 1 aliphatic rings. The van der Waals surface area contributed by atoms with Crippen LogP contribution in [0.4, 0.5) is 24.5 Å². The first kappa shape index (κ1) is 22.7. The minimum atomic E-state index is -4.57. The van der Waals surface area contributed by atoms with Crippen molar-refractivity contribution in [3.63, 3.8) is 0 Å². The molecular formula is C20H19ClF3N5O2S. The Morgan fingerprint density at radius 1 is 1.22 bits per heavy atom. The Labute approximate surface area is 190 Å². The number of aromatic nitrogens is 3. The van der Waals surface area contributed by atoms with E-state index in [0.717, 1.165) is 47.2 Å². The molecule has 12 heteroatoms. The molecule has 0 spiro atoms. The molecule has 1 aromatic carbocycles. The van der Waals surface area contributed by atoms with Gasteiger partial charge in [0, 0.05) is 30.7 Å². The Balaban J connectivity index is 1.44. The van der Waals surface area contributed by atoms with Crippen LogP contribution in [0.15, 0.2) is 41.7 Å². The van der Waals surface area contributed by atoms with E-state index in [1.54, 1.807) is 6.92 Å². The normalized spacial score (nSPS) is 15.7. The fraction of sp³-hybridized carbons (Fsp3) is 0.350. The van der Waals surface area contributed by atoms with Crippen molar-refractivity contribution in [3.05, 3.63) is 47.1 Å². The van der Waals surface area contributed by atoms with Gasteiger partial charge in [-0.05, 0) is 37.3 Å². The van der Waals surface area contributed by atoms with Crippen LogP contribution in [0.1, 0.15) is 12.5 Å². The van der Waals surface area contributed by atoms with Crippen LogP contribution < -0.4 is 10.2 Å². The number of anilines is 2. The lowest BCUT2D eigenvalue weighted by Crippen LogP contribution is -2.36. The number of alkyl halides is 3. The maximum Gasteiger partial charge on any atom is 0.417 e. The van der Waals surface area contributed by atoms with E-state index < -0.39 is 17.0 Å². The van der Waals surface area contributed by atoms with Crippen LogP contribution in [0.25, 0.3) is 5.65 Å². The lowest BCUT2D eigenvalue weighted by Gasteiger charge is -2.28. The minimum Gasteiger partial charge on any atom is -0.378 e. The molecule has 0 aliphatic carbocycles. The lowest BCUT2D eigenvalue weighted by atomic mass is 10.2. The molecular weight excluding hydrogens is 467 g/mol. The number of carbonyl (C=O) groups is 1. The molecule has 0 bridgehead atoms. The summed E-state index contributed by atoms with van der Waals surface area (Å²) in [7, 11) is 0. The highest BCUT2D eigenvalue weighted by molar-refractivity contribution is 8.00.